The van der Waals surface area contributed by atoms with E-state index in [4.69, 9.17) is 26.8 Å². The summed E-state index contributed by atoms with van der Waals surface area (Å²) in [6.07, 6.45) is 3.11. The maximum atomic E-state index is 11.9. The first-order valence-corrected chi connectivity index (χ1v) is 7.64. The summed E-state index contributed by atoms with van der Waals surface area (Å²) in [7, 11) is 1.33. The van der Waals surface area contributed by atoms with Crippen molar-refractivity contribution >= 4 is 23.3 Å². The van der Waals surface area contributed by atoms with Crippen LogP contribution in [0.5, 0.6) is 5.75 Å². The highest BCUT2D eigenvalue weighted by Gasteiger charge is 2.28. The van der Waals surface area contributed by atoms with Gasteiger partial charge in [-0.1, -0.05) is 25.4 Å². The molecule has 2 rings (SSSR count). The van der Waals surface area contributed by atoms with Crippen LogP contribution in [0.3, 0.4) is 0 Å². The Kier molecular flexibility index (Phi) is 4.99. The SMILES string of the molecule is COC(=O)c1cc(N)cc(Cl)c1OC1CCC(C)C(C)C1. The van der Waals surface area contributed by atoms with Crippen LogP contribution in [-0.4, -0.2) is 19.2 Å². The Balaban J connectivity index is 2.25. The number of methoxy groups -OCH3 is 1. The lowest BCUT2D eigenvalue weighted by Crippen LogP contribution is -2.29. The number of carbonyl (C=O) groups is 1. The van der Waals surface area contributed by atoms with Crippen LogP contribution in [0.25, 0.3) is 0 Å². The second-order valence-electron chi connectivity index (χ2n) is 5.88. The molecule has 21 heavy (non-hydrogen) atoms. The average Bonchev–Trinajstić information content (AvgIpc) is 2.44. The lowest BCUT2D eigenvalue weighted by molar-refractivity contribution is 0.0583. The second-order valence-corrected chi connectivity index (χ2v) is 6.29. The van der Waals surface area contributed by atoms with Crippen LogP contribution in [0.2, 0.25) is 5.02 Å². The summed E-state index contributed by atoms with van der Waals surface area (Å²) in [5.41, 5.74) is 6.45. The monoisotopic (exact) mass is 311 g/mol. The molecule has 0 aromatic heterocycles. The van der Waals surface area contributed by atoms with Gasteiger partial charge in [-0.2, -0.15) is 0 Å². The third-order valence-electron chi connectivity index (χ3n) is 4.31. The van der Waals surface area contributed by atoms with Gasteiger partial charge in [0.05, 0.1) is 18.2 Å². The number of nitrogens with two attached hydrogens (primary N) is 1. The Morgan fingerprint density at radius 2 is 2.00 bits per heavy atom. The van der Waals surface area contributed by atoms with Gasteiger partial charge in [-0.25, -0.2) is 4.79 Å². The number of rotatable bonds is 3. The van der Waals surface area contributed by atoms with Crippen molar-refractivity contribution in [1.82, 2.24) is 0 Å². The van der Waals surface area contributed by atoms with Crippen molar-refractivity contribution in [3.05, 3.63) is 22.7 Å². The number of hydrogen-bond donors (Lipinski definition) is 1. The van der Waals surface area contributed by atoms with Crippen LogP contribution in [0.15, 0.2) is 12.1 Å². The molecule has 1 fully saturated rings. The van der Waals surface area contributed by atoms with Crippen LogP contribution in [0.4, 0.5) is 5.69 Å². The van der Waals surface area contributed by atoms with Crippen molar-refractivity contribution in [2.45, 2.75) is 39.2 Å². The van der Waals surface area contributed by atoms with Gasteiger partial charge in [-0.05, 0) is 43.2 Å². The number of nitrogen functional groups attached to an aromatic ring is 1. The molecule has 0 aliphatic heterocycles. The first kappa shape index (κ1) is 16.0. The number of carbonyl (C=O) groups excluding carboxylic acids is 1. The number of hydrogen-bond acceptors (Lipinski definition) is 4. The van der Waals surface area contributed by atoms with E-state index in [1.165, 1.54) is 7.11 Å². The molecule has 1 aliphatic carbocycles. The number of halogens is 1. The Labute approximate surface area is 130 Å². The molecule has 0 heterocycles. The van der Waals surface area contributed by atoms with Crippen LogP contribution >= 0.6 is 11.6 Å². The molecule has 1 saturated carbocycles. The van der Waals surface area contributed by atoms with E-state index in [2.05, 4.69) is 13.8 Å². The van der Waals surface area contributed by atoms with E-state index in [9.17, 15) is 4.79 Å². The van der Waals surface area contributed by atoms with Crippen LogP contribution in [-0.2, 0) is 4.74 Å². The second kappa shape index (κ2) is 6.56. The first-order valence-electron chi connectivity index (χ1n) is 7.26. The third-order valence-corrected chi connectivity index (χ3v) is 4.59. The fourth-order valence-electron chi connectivity index (χ4n) is 2.77. The van der Waals surface area contributed by atoms with Crippen molar-refractivity contribution in [3.63, 3.8) is 0 Å². The molecule has 0 saturated heterocycles. The van der Waals surface area contributed by atoms with Gasteiger partial charge in [-0.15, -0.1) is 0 Å². The van der Waals surface area contributed by atoms with Gasteiger partial charge >= 0.3 is 5.97 Å². The van der Waals surface area contributed by atoms with Crippen molar-refractivity contribution in [2.75, 3.05) is 12.8 Å². The lowest BCUT2D eigenvalue weighted by Gasteiger charge is -2.32. The molecule has 0 radical (unpaired) electrons. The van der Waals surface area contributed by atoms with Gasteiger partial charge in [0.25, 0.3) is 0 Å². The molecule has 4 nitrogen and oxygen atoms in total. The Bertz CT molecular complexity index is 532. The number of anilines is 1. The number of esters is 1. The summed E-state index contributed by atoms with van der Waals surface area (Å²) in [5, 5.41) is 0.349. The summed E-state index contributed by atoms with van der Waals surface area (Å²) in [5.74, 6) is 1.19. The van der Waals surface area contributed by atoms with Crippen LogP contribution in [0.1, 0.15) is 43.5 Å². The molecule has 0 amide bonds. The van der Waals surface area contributed by atoms with E-state index in [1.807, 2.05) is 0 Å². The van der Waals surface area contributed by atoms with Gasteiger partial charge in [0, 0.05) is 5.69 Å². The van der Waals surface area contributed by atoms with Gasteiger partial charge < -0.3 is 15.2 Å². The van der Waals surface area contributed by atoms with Gasteiger partial charge in [0.2, 0.25) is 0 Å². The molecule has 1 aromatic rings. The zero-order valence-electron chi connectivity index (χ0n) is 12.7. The molecule has 3 atom stereocenters. The molecule has 0 bridgehead atoms. The fraction of sp³-hybridized carbons (Fsp3) is 0.562. The summed E-state index contributed by atoms with van der Waals surface area (Å²) < 4.78 is 10.8. The highest BCUT2D eigenvalue weighted by molar-refractivity contribution is 6.33. The van der Waals surface area contributed by atoms with Crippen molar-refractivity contribution in [1.29, 1.82) is 0 Å². The maximum Gasteiger partial charge on any atom is 0.341 e. The molecular weight excluding hydrogens is 290 g/mol. The normalized spacial score (nSPS) is 25.4. The predicted octanol–water partition coefficient (Wildman–Crippen LogP) is 3.91. The van der Waals surface area contributed by atoms with E-state index in [1.54, 1.807) is 12.1 Å². The minimum absolute atomic E-state index is 0.0701. The first-order chi connectivity index (χ1) is 9.92. The zero-order chi connectivity index (χ0) is 15.6. The molecule has 0 spiro atoms. The Morgan fingerprint density at radius 3 is 2.62 bits per heavy atom. The van der Waals surface area contributed by atoms with E-state index in [0.717, 1.165) is 19.3 Å². The smallest absolute Gasteiger partial charge is 0.341 e. The van der Waals surface area contributed by atoms with Crippen molar-refractivity contribution in [3.8, 4) is 5.75 Å². The van der Waals surface area contributed by atoms with Crippen LogP contribution in [0, 0.1) is 11.8 Å². The van der Waals surface area contributed by atoms with E-state index >= 15 is 0 Å². The van der Waals surface area contributed by atoms with Crippen molar-refractivity contribution in [2.24, 2.45) is 11.8 Å². The Morgan fingerprint density at radius 1 is 1.29 bits per heavy atom. The number of ether oxygens (including phenoxy) is 2. The van der Waals surface area contributed by atoms with E-state index in [-0.39, 0.29) is 11.7 Å². The molecule has 1 aromatic carbocycles. The molecule has 5 heteroatoms. The summed E-state index contributed by atoms with van der Waals surface area (Å²) in [6, 6.07) is 3.14. The minimum atomic E-state index is -0.489. The lowest BCUT2D eigenvalue weighted by atomic mass is 9.80. The van der Waals surface area contributed by atoms with Crippen molar-refractivity contribution < 1.29 is 14.3 Å². The van der Waals surface area contributed by atoms with E-state index < -0.39 is 5.97 Å². The standard InChI is InChI=1S/C16H22ClNO3/c1-9-4-5-12(6-10(9)2)21-15-13(16(19)20-3)7-11(18)8-14(15)17/h7-10,12H,4-6,18H2,1-3H3. The highest BCUT2D eigenvalue weighted by atomic mass is 35.5. The largest absolute Gasteiger partial charge is 0.488 e. The molecule has 2 N–H and O–H groups in total. The molecule has 116 valence electrons. The topological polar surface area (TPSA) is 61.5 Å². The van der Waals surface area contributed by atoms with Gasteiger partial charge in [-0.3, -0.25) is 0 Å². The van der Waals surface area contributed by atoms with Crippen LogP contribution < -0.4 is 10.5 Å². The summed E-state index contributed by atoms with van der Waals surface area (Å²) >= 11 is 6.21. The third kappa shape index (κ3) is 3.62. The van der Waals surface area contributed by atoms with Gasteiger partial charge in [0.15, 0.2) is 5.75 Å². The maximum absolute atomic E-state index is 11.9. The molecule has 3 unspecified atom stereocenters. The fourth-order valence-corrected chi connectivity index (χ4v) is 3.04. The number of benzene rings is 1. The van der Waals surface area contributed by atoms with E-state index in [0.29, 0.717) is 28.3 Å². The zero-order valence-corrected chi connectivity index (χ0v) is 13.4. The summed E-state index contributed by atoms with van der Waals surface area (Å²) in [6.45, 7) is 4.49. The van der Waals surface area contributed by atoms with Gasteiger partial charge in [0.1, 0.15) is 5.56 Å². The highest BCUT2D eigenvalue weighted by Crippen LogP contribution is 2.37. The molecular formula is C16H22ClNO3. The predicted molar refractivity (Wildman–Crippen MR) is 83.8 cm³/mol. The molecule has 1 aliphatic rings. The Hall–Kier alpha value is -1.42. The minimum Gasteiger partial charge on any atom is -0.488 e. The average molecular weight is 312 g/mol. The summed E-state index contributed by atoms with van der Waals surface area (Å²) in [4.78, 5) is 11.9. The quantitative estimate of drug-likeness (QED) is 0.679.